The topological polar surface area (TPSA) is 78.6 Å². The number of nitrogens with two attached hydrogens (primary N) is 1. The maximum atomic E-state index is 11.2. The molecular formula is C14H21NO4S. The van der Waals surface area contributed by atoms with Gasteiger partial charge in [0.1, 0.15) is 6.10 Å². The zero-order valence-corrected chi connectivity index (χ0v) is 12.9. The van der Waals surface area contributed by atoms with Crippen LogP contribution in [0.4, 0.5) is 0 Å². The first-order valence-corrected chi connectivity index (χ1v) is 8.33. The number of hydrogen-bond donors (Lipinski definition) is 1. The Balaban J connectivity index is 2.15. The normalized spacial score (nSPS) is 18.4. The summed E-state index contributed by atoms with van der Waals surface area (Å²) >= 11 is 0. The summed E-state index contributed by atoms with van der Waals surface area (Å²) in [6.07, 6.45) is 0.422. The van der Waals surface area contributed by atoms with Crippen molar-refractivity contribution in [3.8, 4) is 11.5 Å². The van der Waals surface area contributed by atoms with Crippen molar-refractivity contribution in [3.05, 3.63) is 23.8 Å². The van der Waals surface area contributed by atoms with Gasteiger partial charge in [-0.25, -0.2) is 8.42 Å². The minimum atomic E-state index is -2.90. The molecule has 2 N–H and O–H groups in total. The minimum absolute atomic E-state index is 0.0722. The Morgan fingerprint density at radius 2 is 1.95 bits per heavy atom. The molecule has 2 rings (SSSR count). The summed E-state index contributed by atoms with van der Waals surface area (Å²) in [7, 11) is -1.33. The summed E-state index contributed by atoms with van der Waals surface area (Å²) in [5.74, 6) is 1.33. The molecule has 0 unspecified atom stereocenters. The molecule has 1 aromatic rings. The lowest BCUT2D eigenvalue weighted by atomic mass is 9.96. The first kappa shape index (κ1) is 15.1. The molecule has 1 fully saturated rings. The Bertz CT molecular complexity index is 578. The van der Waals surface area contributed by atoms with Crippen molar-refractivity contribution >= 4 is 9.84 Å². The molecule has 5 nitrogen and oxygen atoms in total. The third-order valence-corrected chi connectivity index (χ3v) is 4.82. The summed E-state index contributed by atoms with van der Waals surface area (Å²) < 4.78 is 33.3. The molecule has 0 spiro atoms. The van der Waals surface area contributed by atoms with Crippen LogP contribution in [-0.2, 0) is 16.3 Å². The Kier molecular flexibility index (Phi) is 3.97. The second-order valence-corrected chi connectivity index (χ2v) is 8.12. The first-order valence-electron chi connectivity index (χ1n) is 6.51. The molecule has 0 saturated carbocycles. The molecule has 0 bridgehead atoms. The summed E-state index contributed by atoms with van der Waals surface area (Å²) in [5, 5.41) is 0. The van der Waals surface area contributed by atoms with E-state index in [1.165, 1.54) is 0 Å². The molecule has 1 heterocycles. The second kappa shape index (κ2) is 5.26. The third kappa shape index (κ3) is 3.86. The molecule has 20 heavy (non-hydrogen) atoms. The van der Waals surface area contributed by atoms with E-state index in [1.807, 2.05) is 32.0 Å². The van der Waals surface area contributed by atoms with Crippen molar-refractivity contribution in [2.24, 2.45) is 5.73 Å². The van der Waals surface area contributed by atoms with Crippen molar-refractivity contribution in [1.82, 2.24) is 0 Å². The maximum absolute atomic E-state index is 11.2. The summed E-state index contributed by atoms with van der Waals surface area (Å²) in [6.45, 7) is 3.91. The molecule has 112 valence electrons. The van der Waals surface area contributed by atoms with Gasteiger partial charge in [0.25, 0.3) is 0 Å². The number of methoxy groups -OCH3 is 1. The SMILES string of the molecule is COc1ccc(CC(C)(C)N)cc1OC1CS(=O)(=O)C1. The van der Waals surface area contributed by atoms with Crippen LogP contribution in [0.3, 0.4) is 0 Å². The monoisotopic (exact) mass is 299 g/mol. The van der Waals surface area contributed by atoms with Crippen molar-refractivity contribution in [2.75, 3.05) is 18.6 Å². The van der Waals surface area contributed by atoms with Crippen LogP contribution in [0, 0.1) is 0 Å². The predicted octanol–water partition coefficient (Wildman–Crippen LogP) is 1.15. The van der Waals surface area contributed by atoms with Crippen molar-refractivity contribution in [3.63, 3.8) is 0 Å². The first-order chi connectivity index (χ1) is 9.18. The molecule has 1 aromatic carbocycles. The lowest BCUT2D eigenvalue weighted by Crippen LogP contribution is -2.45. The zero-order chi connectivity index (χ0) is 15.0. The molecule has 0 atom stereocenters. The van der Waals surface area contributed by atoms with Gasteiger partial charge in [0, 0.05) is 5.54 Å². The molecule has 1 aliphatic heterocycles. The van der Waals surface area contributed by atoms with Crippen LogP contribution in [0.15, 0.2) is 18.2 Å². The Morgan fingerprint density at radius 3 is 2.45 bits per heavy atom. The van der Waals surface area contributed by atoms with E-state index >= 15 is 0 Å². The van der Waals surface area contributed by atoms with Gasteiger partial charge in [-0.2, -0.15) is 0 Å². The standard InChI is InChI=1S/C14H21NO4S/c1-14(2,15)7-10-4-5-12(18-3)13(6-10)19-11-8-20(16,17)9-11/h4-6,11H,7-9,15H2,1-3H3. The predicted molar refractivity (Wildman–Crippen MR) is 78.0 cm³/mol. The number of sulfone groups is 1. The quantitative estimate of drug-likeness (QED) is 0.882. The minimum Gasteiger partial charge on any atom is -0.493 e. The lowest BCUT2D eigenvalue weighted by molar-refractivity contribution is 0.219. The van der Waals surface area contributed by atoms with E-state index in [2.05, 4.69) is 0 Å². The molecule has 1 saturated heterocycles. The van der Waals surface area contributed by atoms with E-state index < -0.39 is 9.84 Å². The van der Waals surface area contributed by atoms with Gasteiger partial charge in [-0.1, -0.05) is 6.07 Å². The maximum Gasteiger partial charge on any atom is 0.161 e. The van der Waals surface area contributed by atoms with Gasteiger partial charge in [-0.15, -0.1) is 0 Å². The van der Waals surface area contributed by atoms with E-state index in [-0.39, 0.29) is 23.1 Å². The van der Waals surface area contributed by atoms with Crippen LogP contribution in [0.1, 0.15) is 19.4 Å². The smallest absolute Gasteiger partial charge is 0.161 e. The highest BCUT2D eigenvalue weighted by atomic mass is 32.2. The van der Waals surface area contributed by atoms with Gasteiger partial charge in [-0.3, -0.25) is 0 Å². The van der Waals surface area contributed by atoms with Crippen LogP contribution >= 0.6 is 0 Å². The summed E-state index contributed by atoms with van der Waals surface area (Å²) in [5.41, 5.74) is 6.73. The van der Waals surface area contributed by atoms with E-state index in [4.69, 9.17) is 15.2 Å². The van der Waals surface area contributed by atoms with Gasteiger partial charge >= 0.3 is 0 Å². The summed E-state index contributed by atoms with van der Waals surface area (Å²) in [6, 6.07) is 5.64. The van der Waals surface area contributed by atoms with Crippen LogP contribution in [0.2, 0.25) is 0 Å². The van der Waals surface area contributed by atoms with E-state index in [1.54, 1.807) is 7.11 Å². The van der Waals surface area contributed by atoms with Gasteiger partial charge < -0.3 is 15.2 Å². The van der Waals surface area contributed by atoms with E-state index in [0.717, 1.165) is 5.56 Å². The highest BCUT2D eigenvalue weighted by Gasteiger charge is 2.35. The molecule has 0 aliphatic carbocycles. The number of hydrogen-bond acceptors (Lipinski definition) is 5. The van der Waals surface area contributed by atoms with Crippen molar-refractivity contribution in [2.45, 2.75) is 31.9 Å². The number of benzene rings is 1. The number of ether oxygens (including phenoxy) is 2. The average Bonchev–Trinajstić information content (AvgIpc) is 2.24. The van der Waals surface area contributed by atoms with Crippen molar-refractivity contribution in [1.29, 1.82) is 0 Å². The van der Waals surface area contributed by atoms with Crippen molar-refractivity contribution < 1.29 is 17.9 Å². The molecule has 0 amide bonds. The van der Waals surface area contributed by atoms with Crippen LogP contribution in [-0.4, -0.2) is 38.7 Å². The van der Waals surface area contributed by atoms with Gasteiger partial charge in [0.05, 0.1) is 18.6 Å². The fourth-order valence-corrected chi connectivity index (χ4v) is 3.39. The Hall–Kier alpha value is -1.27. The summed E-state index contributed by atoms with van der Waals surface area (Å²) in [4.78, 5) is 0. The van der Waals surface area contributed by atoms with Gasteiger partial charge in [0.2, 0.25) is 0 Å². The largest absolute Gasteiger partial charge is 0.493 e. The fourth-order valence-electron chi connectivity index (χ4n) is 2.21. The van der Waals surface area contributed by atoms with Crippen LogP contribution < -0.4 is 15.2 Å². The third-order valence-electron chi connectivity index (χ3n) is 3.06. The van der Waals surface area contributed by atoms with Crippen LogP contribution in [0.5, 0.6) is 11.5 Å². The van der Waals surface area contributed by atoms with Gasteiger partial charge in [-0.05, 0) is 38.0 Å². The fraction of sp³-hybridized carbons (Fsp3) is 0.571. The average molecular weight is 299 g/mol. The molecule has 1 aliphatic rings. The highest BCUT2D eigenvalue weighted by molar-refractivity contribution is 7.92. The Labute approximate surface area is 120 Å². The van der Waals surface area contributed by atoms with Gasteiger partial charge in [0.15, 0.2) is 21.3 Å². The Morgan fingerprint density at radius 1 is 1.30 bits per heavy atom. The van der Waals surface area contributed by atoms with E-state index in [9.17, 15) is 8.42 Å². The zero-order valence-electron chi connectivity index (χ0n) is 12.0. The van der Waals surface area contributed by atoms with Crippen LogP contribution in [0.25, 0.3) is 0 Å². The lowest BCUT2D eigenvalue weighted by Gasteiger charge is -2.27. The molecular weight excluding hydrogens is 278 g/mol. The number of rotatable bonds is 5. The van der Waals surface area contributed by atoms with E-state index in [0.29, 0.717) is 17.9 Å². The molecule has 0 aromatic heterocycles. The molecule has 6 heteroatoms. The highest BCUT2D eigenvalue weighted by Crippen LogP contribution is 2.31. The second-order valence-electron chi connectivity index (χ2n) is 5.97. The molecule has 0 radical (unpaired) electrons.